The number of thiazole rings is 1. The summed E-state index contributed by atoms with van der Waals surface area (Å²) in [6.45, 7) is 1.98. The number of amides is 1. The van der Waals surface area contributed by atoms with E-state index in [4.69, 9.17) is 5.26 Å². The Morgan fingerprint density at radius 1 is 1.52 bits per heavy atom. The van der Waals surface area contributed by atoms with E-state index in [-0.39, 0.29) is 5.91 Å². The van der Waals surface area contributed by atoms with E-state index in [0.29, 0.717) is 17.4 Å². The van der Waals surface area contributed by atoms with Gasteiger partial charge in [0.05, 0.1) is 18.3 Å². The van der Waals surface area contributed by atoms with E-state index < -0.39 is 0 Å². The van der Waals surface area contributed by atoms with Crippen molar-refractivity contribution >= 4 is 22.4 Å². The molecule has 0 unspecified atom stereocenters. The Hall–Kier alpha value is -2.30. The molecule has 3 heterocycles. The number of anilines is 1. The highest BCUT2D eigenvalue weighted by Crippen LogP contribution is 2.28. The minimum atomic E-state index is -0.254. The third kappa shape index (κ3) is 3.07. The molecule has 106 valence electrons. The predicted octanol–water partition coefficient (Wildman–Crippen LogP) is 1.67. The molecule has 0 saturated carbocycles. The molecule has 0 spiro atoms. The number of aromatic nitrogens is 2. The van der Waals surface area contributed by atoms with Crippen LogP contribution in [0.25, 0.3) is 0 Å². The van der Waals surface area contributed by atoms with Crippen LogP contribution in [0.5, 0.6) is 0 Å². The summed E-state index contributed by atoms with van der Waals surface area (Å²) in [5.41, 5.74) is 1.39. The van der Waals surface area contributed by atoms with Gasteiger partial charge >= 0.3 is 0 Å². The summed E-state index contributed by atoms with van der Waals surface area (Å²) in [4.78, 5) is 23.7. The first-order chi connectivity index (χ1) is 10.3. The SMILES string of the molecule is N#CCN1CCc2nc(NC(=O)c3ccccn3)sc2C1. The zero-order valence-electron chi connectivity index (χ0n) is 11.2. The van der Waals surface area contributed by atoms with E-state index in [1.807, 2.05) is 0 Å². The maximum atomic E-state index is 12.0. The van der Waals surface area contributed by atoms with Crippen LogP contribution < -0.4 is 5.32 Å². The molecule has 6 nitrogen and oxygen atoms in total. The Labute approximate surface area is 126 Å². The van der Waals surface area contributed by atoms with E-state index >= 15 is 0 Å². The zero-order chi connectivity index (χ0) is 14.7. The van der Waals surface area contributed by atoms with E-state index in [0.717, 1.165) is 30.1 Å². The van der Waals surface area contributed by atoms with Crippen LogP contribution in [-0.2, 0) is 13.0 Å². The number of hydrogen-bond donors (Lipinski definition) is 1. The van der Waals surface area contributed by atoms with Crippen molar-refractivity contribution in [3.63, 3.8) is 0 Å². The van der Waals surface area contributed by atoms with Gasteiger partial charge < -0.3 is 0 Å². The molecule has 2 aromatic rings. The van der Waals surface area contributed by atoms with Crippen LogP contribution in [0.3, 0.4) is 0 Å². The van der Waals surface area contributed by atoms with Crippen LogP contribution in [0.4, 0.5) is 5.13 Å². The molecule has 21 heavy (non-hydrogen) atoms. The van der Waals surface area contributed by atoms with Crippen molar-refractivity contribution in [2.24, 2.45) is 0 Å². The lowest BCUT2D eigenvalue weighted by molar-refractivity contribution is 0.102. The average Bonchev–Trinajstić information content (AvgIpc) is 2.90. The van der Waals surface area contributed by atoms with Gasteiger partial charge in [-0.25, -0.2) is 4.98 Å². The molecule has 1 aliphatic rings. The average molecular weight is 299 g/mol. The van der Waals surface area contributed by atoms with Crippen molar-refractivity contribution < 1.29 is 4.79 Å². The number of carbonyl (C=O) groups is 1. The predicted molar refractivity (Wildman–Crippen MR) is 78.9 cm³/mol. The molecule has 0 radical (unpaired) electrons. The molecule has 0 aliphatic carbocycles. The molecule has 2 aromatic heterocycles. The Morgan fingerprint density at radius 2 is 2.43 bits per heavy atom. The second-order valence-electron chi connectivity index (χ2n) is 4.68. The standard InChI is InChI=1S/C14H13N5OS/c15-5-8-19-7-4-10-12(9-19)21-14(17-10)18-13(20)11-3-1-2-6-16-11/h1-3,6H,4,7-9H2,(H,17,18,20). The van der Waals surface area contributed by atoms with Gasteiger partial charge in [0.1, 0.15) is 5.69 Å². The molecule has 1 N–H and O–H groups in total. The minimum Gasteiger partial charge on any atom is -0.296 e. The third-order valence-electron chi connectivity index (χ3n) is 3.22. The lowest BCUT2D eigenvalue weighted by atomic mass is 10.2. The zero-order valence-corrected chi connectivity index (χ0v) is 12.1. The van der Waals surface area contributed by atoms with Crippen molar-refractivity contribution in [2.45, 2.75) is 13.0 Å². The fourth-order valence-corrected chi connectivity index (χ4v) is 3.24. The largest absolute Gasteiger partial charge is 0.296 e. The monoisotopic (exact) mass is 299 g/mol. The number of pyridine rings is 1. The molecular weight excluding hydrogens is 286 g/mol. The first kappa shape index (κ1) is 13.7. The van der Waals surface area contributed by atoms with Crippen LogP contribution in [0.15, 0.2) is 24.4 Å². The summed E-state index contributed by atoms with van der Waals surface area (Å²) >= 11 is 1.47. The Morgan fingerprint density at radius 3 is 3.19 bits per heavy atom. The Kier molecular flexibility index (Phi) is 3.90. The number of nitrogens with one attached hydrogen (secondary N) is 1. The summed E-state index contributed by atoms with van der Waals surface area (Å²) in [5.74, 6) is -0.254. The molecule has 0 bridgehead atoms. The Bertz CT molecular complexity index is 691. The highest BCUT2D eigenvalue weighted by Gasteiger charge is 2.21. The number of nitrogens with zero attached hydrogens (tertiary/aromatic N) is 4. The number of nitriles is 1. The van der Waals surface area contributed by atoms with Gasteiger partial charge in [-0.2, -0.15) is 5.26 Å². The molecule has 1 aliphatic heterocycles. The first-order valence-corrected chi connectivity index (χ1v) is 7.38. The van der Waals surface area contributed by atoms with Crippen LogP contribution in [0, 0.1) is 11.3 Å². The molecule has 7 heteroatoms. The second kappa shape index (κ2) is 5.99. The highest BCUT2D eigenvalue weighted by atomic mass is 32.1. The van der Waals surface area contributed by atoms with Crippen LogP contribution in [-0.4, -0.2) is 33.9 Å². The maximum absolute atomic E-state index is 12.0. The number of rotatable bonds is 3. The quantitative estimate of drug-likeness (QED) is 0.872. The summed E-state index contributed by atoms with van der Waals surface area (Å²) in [6.07, 6.45) is 2.40. The van der Waals surface area contributed by atoms with Gasteiger partial charge in [0, 0.05) is 30.6 Å². The second-order valence-corrected chi connectivity index (χ2v) is 5.76. The van der Waals surface area contributed by atoms with E-state index in [9.17, 15) is 4.79 Å². The third-order valence-corrected chi connectivity index (χ3v) is 4.22. The molecule has 0 atom stereocenters. The van der Waals surface area contributed by atoms with Gasteiger partial charge in [-0.15, -0.1) is 11.3 Å². The van der Waals surface area contributed by atoms with Crippen molar-refractivity contribution in [1.82, 2.24) is 14.9 Å². The lowest BCUT2D eigenvalue weighted by Gasteiger charge is -2.22. The summed E-state index contributed by atoms with van der Waals surface area (Å²) in [7, 11) is 0. The normalized spacial score (nSPS) is 14.2. The highest BCUT2D eigenvalue weighted by molar-refractivity contribution is 7.15. The summed E-state index contributed by atoms with van der Waals surface area (Å²) in [5, 5.41) is 12.1. The van der Waals surface area contributed by atoms with Crippen LogP contribution in [0.1, 0.15) is 21.1 Å². The van der Waals surface area contributed by atoms with Crippen molar-refractivity contribution in [1.29, 1.82) is 5.26 Å². The molecule has 0 saturated heterocycles. The van der Waals surface area contributed by atoms with Gasteiger partial charge in [0.2, 0.25) is 0 Å². The van der Waals surface area contributed by atoms with Gasteiger partial charge in [-0.3, -0.25) is 20.0 Å². The molecule has 3 rings (SSSR count). The van der Waals surface area contributed by atoms with E-state index in [2.05, 4.69) is 26.3 Å². The van der Waals surface area contributed by atoms with Crippen LogP contribution in [0.2, 0.25) is 0 Å². The number of fused-ring (bicyclic) bond motifs is 1. The first-order valence-electron chi connectivity index (χ1n) is 6.56. The van der Waals surface area contributed by atoms with E-state index in [1.165, 1.54) is 11.3 Å². The molecular formula is C14H13N5OS. The topological polar surface area (TPSA) is 81.9 Å². The summed E-state index contributed by atoms with van der Waals surface area (Å²) < 4.78 is 0. The molecule has 0 fully saturated rings. The van der Waals surface area contributed by atoms with Gasteiger partial charge in [0.25, 0.3) is 5.91 Å². The fraction of sp³-hybridized carbons (Fsp3) is 0.286. The molecule has 1 amide bonds. The van der Waals surface area contributed by atoms with Crippen molar-refractivity contribution in [2.75, 3.05) is 18.4 Å². The Balaban J connectivity index is 1.71. The van der Waals surface area contributed by atoms with Crippen molar-refractivity contribution in [3.05, 3.63) is 40.7 Å². The van der Waals surface area contributed by atoms with Crippen LogP contribution >= 0.6 is 11.3 Å². The fourth-order valence-electron chi connectivity index (χ4n) is 2.20. The summed E-state index contributed by atoms with van der Waals surface area (Å²) in [6, 6.07) is 7.36. The number of carbonyl (C=O) groups excluding carboxylic acids is 1. The minimum absolute atomic E-state index is 0.254. The van der Waals surface area contributed by atoms with E-state index in [1.54, 1.807) is 24.4 Å². The smallest absolute Gasteiger partial charge is 0.276 e. The molecule has 0 aromatic carbocycles. The van der Waals surface area contributed by atoms with Gasteiger partial charge in [-0.05, 0) is 12.1 Å². The lowest BCUT2D eigenvalue weighted by Crippen LogP contribution is -2.30. The van der Waals surface area contributed by atoms with Crippen molar-refractivity contribution in [3.8, 4) is 6.07 Å². The number of hydrogen-bond acceptors (Lipinski definition) is 6. The van der Waals surface area contributed by atoms with Gasteiger partial charge in [0.15, 0.2) is 5.13 Å². The van der Waals surface area contributed by atoms with Gasteiger partial charge in [-0.1, -0.05) is 6.07 Å². The maximum Gasteiger partial charge on any atom is 0.276 e.